The van der Waals surface area contributed by atoms with Crippen molar-refractivity contribution in [1.29, 1.82) is 0 Å². The van der Waals surface area contributed by atoms with Gasteiger partial charge in [-0.2, -0.15) is 0 Å². The molecule has 3 heteroatoms. The van der Waals surface area contributed by atoms with Crippen molar-refractivity contribution in [3.8, 4) is 0 Å². The predicted octanol–water partition coefficient (Wildman–Crippen LogP) is 3.72. The number of benzene rings is 2. The smallest absolute Gasteiger partial charge is 0.191 e. The third-order valence-electron chi connectivity index (χ3n) is 5.33. The van der Waals surface area contributed by atoms with Crippen LogP contribution in [-0.2, 0) is 0 Å². The van der Waals surface area contributed by atoms with Crippen LogP contribution in [0.1, 0.15) is 59.6 Å². The van der Waals surface area contributed by atoms with Crippen molar-refractivity contribution in [2.75, 3.05) is 0 Å². The van der Waals surface area contributed by atoms with Crippen molar-refractivity contribution in [3.63, 3.8) is 0 Å². The molecule has 0 saturated heterocycles. The number of hydrogen-bond acceptors (Lipinski definition) is 2. The summed E-state index contributed by atoms with van der Waals surface area (Å²) < 4.78 is 0. The highest BCUT2D eigenvalue weighted by molar-refractivity contribution is 6.32. The van der Waals surface area contributed by atoms with E-state index < -0.39 is 0 Å². The molecule has 0 spiro atoms. The summed E-state index contributed by atoms with van der Waals surface area (Å²) in [7, 11) is 6.01. The number of carbonyl (C=O) groups excluding carboxylic acids is 1. The molecule has 1 atom stereocenters. The SMILES string of the molecule is [B]c1ccc2c(c1)C(NC1CCCCC1)/C(=C\c1ccccc1)C2=O. The van der Waals surface area contributed by atoms with Crippen LogP contribution in [0.2, 0.25) is 0 Å². The average molecular weight is 327 g/mol. The van der Waals surface area contributed by atoms with Gasteiger partial charge in [0.15, 0.2) is 5.78 Å². The lowest BCUT2D eigenvalue weighted by Crippen LogP contribution is -2.34. The maximum atomic E-state index is 13.0. The summed E-state index contributed by atoms with van der Waals surface area (Å²) in [4.78, 5) is 13.0. The lowest BCUT2D eigenvalue weighted by Gasteiger charge is -2.27. The summed E-state index contributed by atoms with van der Waals surface area (Å²) in [6, 6.07) is 16.1. The van der Waals surface area contributed by atoms with Gasteiger partial charge < -0.3 is 5.32 Å². The number of rotatable bonds is 3. The van der Waals surface area contributed by atoms with Gasteiger partial charge in [-0.05, 0) is 30.0 Å². The van der Waals surface area contributed by atoms with Crippen LogP contribution >= 0.6 is 0 Å². The van der Waals surface area contributed by atoms with Crippen molar-refractivity contribution in [2.24, 2.45) is 0 Å². The molecule has 1 saturated carbocycles. The van der Waals surface area contributed by atoms with Crippen LogP contribution in [0, 0.1) is 0 Å². The normalized spacial score (nSPS) is 22.3. The molecular weight excluding hydrogens is 305 g/mol. The molecule has 124 valence electrons. The second-order valence-electron chi connectivity index (χ2n) is 7.12. The first kappa shape index (κ1) is 16.3. The molecule has 1 unspecified atom stereocenters. The number of hydrogen-bond donors (Lipinski definition) is 1. The standard InChI is InChI=1S/C22H22BNO/c23-16-11-12-18-19(14-16)21(24-17-9-5-2-6-10-17)20(22(18)25)13-15-7-3-1-4-8-15/h1,3-4,7-8,11-14,17,21,24H,2,5-6,9-10H2/b20-13+. The highest BCUT2D eigenvalue weighted by Crippen LogP contribution is 2.37. The van der Waals surface area contributed by atoms with Crippen molar-refractivity contribution in [3.05, 3.63) is 70.8 Å². The number of fused-ring (bicyclic) bond motifs is 1. The summed E-state index contributed by atoms with van der Waals surface area (Å²) in [6.45, 7) is 0. The van der Waals surface area contributed by atoms with Gasteiger partial charge >= 0.3 is 0 Å². The molecule has 2 aliphatic carbocycles. The quantitative estimate of drug-likeness (QED) is 0.688. The minimum Gasteiger partial charge on any atom is -0.303 e. The molecular formula is C22H22BNO. The van der Waals surface area contributed by atoms with Crippen LogP contribution in [-0.4, -0.2) is 19.7 Å². The van der Waals surface area contributed by atoms with E-state index in [9.17, 15) is 4.79 Å². The first-order chi connectivity index (χ1) is 12.2. The molecule has 1 fully saturated rings. The highest BCUT2D eigenvalue weighted by atomic mass is 16.1. The topological polar surface area (TPSA) is 29.1 Å². The third-order valence-corrected chi connectivity index (χ3v) is 5.33. The summed E-state index contributed by atoms with van der Waals surface area (Å²) >= 11 is 0. The lowest BCUT2D eigenvalue weighted by molar-refractivity contribution is 0.103. The summed E-state index contributed by atoms with van der Waals surface area (Å²) in [5.74, 6) is 0.118. The van der Waals surface area contributed by atoms with E-state index in [1.165, 1.54) is 32.1 Å². The van der Waals surface area contributed by atoms with Gasteiger partial charge in [-0.25, -0.2) is 0 Å². The molecule has 0 aliphatic heterocycles. The average Bonchev–Trinajstić information content (AvgIpc) is 2.89. The molecule has 2 aromatic rings. The largest absolute Gasteiger partial charge is 0.303 e. The van der Waals surface area contributed by atoms with E-state index >= 15 is 0 Å². The van der Waals surface area contributed by atoms with Crippen molar-refractivity contribution >= 4 is 25.2 Å². The first-order valence-electron chi connectivity index (χ1n) is 9.19. The van der Waals surface area contributed by atoms with Crippen molar-refractivity contribution in [2.45, 2.75) is 44.2 Å². The van der Waals surface area contributed by atoms with Gasteiger partial charge in [0.2, 0.25) is 0 Å². The molecule has 0 heterocycles. The van der Waals surface area contributed by atoms with Crippen LogP contribution in [0.3, 0.4) is 0 Å². The van der Waals surface area contributed by atoms with E-state index in [0.29, 0.717) is 11.5 Å². The Balaban J connectivity index is 1.73. The molecule has 25 heavy (non-hydrogen) atoms. The van der Waals surface area contributed by atoms with E-state index in [2.05, 4.69) is 5.32 Å². The fraction of sp³-hybridized carbons (Fsp3) is 0.318. The second kappa shape index (κ2) is 7.01. The number of nitrogens with one attached hydrogen (secondary N) is 1. The van der Waals surface area contributed by atoms with Crippen molar-refractivity contribution in [1.82, 2.24) is 5.32 Å². The zero-order chi connectivity index (χ0) is 17.2. The Morgan fingerprint density at radius 3 is 2.52 bits per heavy atom. The minimum absolute atomic E-state index is 0.0608. The Bertz CT molecular complexity index is 806. The Labute approximate surface area is 150 Å². The van der Waals surface area contributed by atoms with Crippen LogP contribution in [0.15, 0.2) is 54.1 Å². The minimum atomic E-state index is -0.0608. The Morgan fingerprint density at radius 1 is 1.00 bits per heavy atom. The van der Waals surface area contributed by atoms with E-state index in [1.807, 2.05) is 54.6 Å². The molecule has 2 nitrogen and oxygen atoms in total. The van der Waals surface area contributed by atoms with Crippen LogP contribution < -0.4 is 10.8 Å². The Morgan fingerprint density at radius 2 is 1.76 bits per heavy atom. The number of Topliss-reactive ketones (excluding diaryl/α,β-unsaturated/α-hetero) is 1. The van der Waals surface area contributed by atoms with Gasteiger partial charge in [0.05, 0.1) is 6.04 Å². The van der Waals surface area contributed by atoms with Gasteiger partial charge in [0, 0.05) is 17.2 Å². The van der Waals surface area contributed by atoms with Gasteiger partial charge in [-0.1, -0.05) is 73.3 Å². The molecule has 0 bridgehead atoms. The highest BCUT2D eigenvalue weighted by Gasteiger charge is 2.35. The molecule has 0 aromatic heterocycles. The first-order valence-corrected chi connectivity index (χ1v) is 9.19. The molecule has 2 radical (unpaired) electrons. The van der Waals surface area contributed by atoms with Gasteiger partial charge in [-0.15, -0.1) is 0 Å². The van der Waals surface area contributed by atoms with Crippen molar-refractivity contribution < 1.29 is 4.79 Å². The van der Waals surface area contributed by atoms with Crippen LogP contribution in [0.5, 0.6) is 0 Å². The zero-order valence-electron chi connectivity index (χ0n) is 14.4. The third kappa shape index (κ3) is 3.34. The molecule has 1 N–H and O–H groups in total. The second-order valence-corrected chi connectivity index (χ2v) is 7.12. The number of ketones is 1. The number of carbonyl (C=O) groups is 1. The fourth-order valence-corrected chi connectivity index (χ4v) is 4.04. The Hall–Kier alpha value is -2.13. The van der Waals surface area contributed by atoms with Gasteiger partial charge in [-0.3, -0.25) is 4.79 Å². The van der Waals surface area contributed by atoms with E-state index in [0.717, 1.165) is 22.3 Å². The summed E-state index contributed by atoms with van der Waals surface area (Å²) in [5, 5.41) is 3.76. The summed E-state index contributed by atoms with van der Waals surface area (Å²) in [6.07, 6.45) is 8.23. The molecule has 2 aliphatic rings. The van der Waals surface area contributed by atoms with Crippen LogP contribution in [0.4, 0.5) is 0 Å². The summed E-state index contributed by atoms with van der Waals surface area (Å²) in [5.41, 5.74) is 4.41. The maximum absolute atomic E-state index is 13.0. The van der Waals surface area contributed by atoms with E-state index in [-0.39, 0.29) is 11.8 Å². The van der Waals surface area contributed by atoms with Crippen LogP contribution in [0.25, 0.3) is 6.08 Å². The van der Waals surface area contributed by atoms with Gasteiger partial charge in [0.25, 0.3) is 0 Å². The molecule has 0 amide bonds. The fourth-order valence-electron chi connectivity index (χ4n) is 4.04. The van der Waals surface area contributed by atoms with E-state index in [1.54, 1.807) is 0 Å². The van der Waals surface area contributed by atoms with E-state index in [4.69, 9.17) is 7.85 Å². The molecule has 4 rings (SSSR count). The monoisotopic (exact) mass is 327 g/mol. The maximum Gasteiger partial charge on any atom is 0.191 e. The lowest BCUT2D eigenvalue weighted by atomic mass is 9.90. The molecule has 2 aromatic carbocycles. The zero-order valence-corrected chi connectivity index (χ0v) is 14.4. The predicted molar refractivity (Wildman–Crippen MR) is 103 cm³/mol. The Kier molecular flexibility index (Phi) is 4.58. The van der Waals surface area contributed by atoms with Gasteiger partial charge in [0.1, 0.15) is 7.85 Å².